The molecule has 1 aromatic carbocycles. The second kappa shape index (κ2) is 5.54. The highest BCUT2D eigenvalue weighted by molar-refractivity contribution is 5.96. The summed E-state index contributed by atoms with van der Waals surface area (Å²) in [7, 11) is 0. The molecule has 5 heteroatoms. The van der Waals surface area contributed by atoms with Crippen molar-refractivity contribution in [2.75, 3.05) is 18.1 Å². The molecule has 0 heterocycles. The van der Waals surface area contributed by atoms with E-state index in [9.17, 15) is 4.79 Å². The molecule has 94 valence electrons. The van der Waals surface area contributed by atoms with E-state index in [0.717, 1.165) is 0 Å². The Balaban J connectivity index is 2.76. The number of carbonyl (C=O) groups is 1. The Morgan fingerprint density at radius 2 is 1.82 bits per heavy atom. The van der Waals surface area contributed by atoms with Crippen LogP contribution in [0.25, 0.3) is 0 Å². The zero-order valence-corrected chi connectivity index (χ0v) is 10.1. The summed E-state index contributed by atoms with van der Waals surface area (Å²) in [5, 5.41) is 11.8. The fraction of sp³-hybridized carbons (Fsp3) is 0.417. The van der Waals surface area contributed by atoms with Gasteiger partial charge in [-0.05, 0) is 31.0 Å². The van der Waals surface area contributed by atoms with Gasteiger partial charge in [-0.1, -0.05) is 6.92 Å². The summed E-state index contributed by atoms with van der Waals surface area (Å²) >= 11 is 0. The summed E-state index contributed by atoms with van der Waals surface area (Å²) in [5.41, 5.74) is 12.6. The molecule has 0 saturated heterocycles. The molecular weight excluding hydrogens is 218 g/mol. The van der Waals surface area contributed by atoms with Gasteiger partial charge in [0, 0.05) is 29.6 Å². The van der Waals surface area contributed by atoms with E-state index in [1.807, 2.05) is 13.8 Å². The monoisotopic (exact) mass is 237 g/mol. The van der Waals surface area contributed by atoms with Gasteiger partial charge >= 0.3 is 0 Å². The molecule has 0 spiro atoms. The van der Waals surface area contributed by atoms with Crippen molar-refractivity contribution >= 4 is 17.3 Å². The van der Waals surface area contributed by atoms with Crippen LogP contribution in [-0.4, -0.2) is 23.7 Å². The molecule has 0 aliphatic carbocycles. The first-order valence-electron chi connectivity index (χ1n) is 5.51. The van der Waals surface area contributed by atoms with Gasteiger partial charge in [0.1, 0.15) is 0 Å². The van der Waals surface area contributed by atoms with E-state index in [4.69, 9.17) is 16.6 Å². The Bertz CT molecular complexity index is 386. The Hall–Kier alpha value is -1.75. The first-order chi connectivity index (χ1) is 7.93. The summed E-state index contributed by atoms with van der Waals surface area (Å²) in [4.78, 5) is 11.9. The fourth-order valence-electron chi connectivity index (χ4n) is 1.40. The number of carbonyl (C=O) groups excluding carboxylic acids is 1. The molecule has 0 bridgehead atoms. The molecule has 1 rings (SSSR count). The molecule has 0 aromatic heterocycles. The third kappa shape index (κ3) is 3.64. The summed E-state index contributed by atoms with van der Waals surface area (Å²) in [6.07, 6.45) is 0. The minimum atomic E-state index is -0.239. The van der Waals surface area contributed by atoms with Gasteiger partial charge in [-0.2, -0.15) is 0 Å². The van der Waals surface area contributed by atoms with E-state index < -0.39 is 0 Å². The summed E-state index contributed by atoms with van der Waals surface area (Å²) < 4.78 is 0. The number of rotatable bonds is 4. The fourth-order valence-corrected chi connectivity index (χ4v) is 1.40. The number of nitrogen functional groups attached to an aromatic ring is 2. The minimum absolute atomic E-state index is 0.00245. The van der Waals surface area contributed by atoms with Gasteiger partial charge in [-0.3, -0.25) is 4.79 Å². The van der Waals surface area contributed by atoms with E-state index in [2.05, 4.69) is 5.32 Å². The lowest BCUT2D eigenvalue weighted by atomic mass is 10.0. The molecule has 1 aromatic rings. The van der Waals surface area contributed by atoms with Gasteiger partial charge in [0.15, 0.2) is 0 Å². The zero-order valence-electron chi connectivity index (χ0n) is 10.1. The average Bonchev–Trinajstić information content (AvgIpc) is 2.26. The second-order valence-corrected chi connectivity index (χ2v) is 4.31. The van der Waals surface area contributed by atoms with Crippen LogP contribution in [-0.2, 0) is 0 Å². The predicted octanol–water partition coefficient (Wildman–Crippen LogP) is 0.598. The van der Waals surface area contributed by atoms with Crippen molar-refractivity contribution in [1.29, 1.82) is 0 Å². The Kier molecular flexibility index (Phi) is 4.34. The van der Waals surface area contributed by atoms with Crippen molar-refractivity contribution in [2.24, 2.45) is 5.92 Å². The lowest BCUT2D eigenvalue weighted by Gasteiger charge is -2.19. The van der Waals surface area contributed by atoms with Gasteiger partial charge in [0.2, 0.25) is 0 Å². The normalized spacial score (nSPS) is 14.1. The van der Waals surface area contributed by atoms with E-state index in [1.165, 1.54) is 0 Å². The highest BCUT2D eigenvalue weighted by Gasteiger charge is 2.15. The number of nitrogens with two attached hydrogens (primary N) is 2. The maximum atomic E-state index is 11.9. The highest BCUT2D eigenvalue weighted by Crippen LogP contribution is 2.14. The van der Waals surface area contributed by atoms with Gasteiger partial charge in [0.05, 0.1) is 0 Å². The molecule has 0 fully saturated rings. The lowest BCUT2D eigenvalue weighted by molar-refractivity contribution is 0.0916. The summed E-state index contributed by atoms with van der Waals surface area (Å²) in [6.45, 7) is 3.73. The largest absolute Gasteiger partial charge is 0.399 e. The van der Waals surface area contributed by atoms with Crippen LogP contribution >= 0.6 is 0 Å². The number of aliphatic hydroxyl groups excluding tert-OH is 1. The molecule has 0 radical (unpaired) electrons. The molecule has 0 saturated carbocycles. The molecule has 0 aliphatic rings. The van der Waals surface area contributed by atoms with Crippen molar-refractivity contribution in [3.63, 3.8) is 0 Å². The number of amides is 1. The second-order valence-electron chi connectivity index (χ2n) is 4.31. The number of hydrogen-bond acceptors (Lipinski definition) is 4. The van der Waals surface area contributed by atoms with Crippen molar-refractivity contribution in [3.8, 4) is 0 Å². The van der Waals surface area contributed by atoms with Gasteiger partial charge in [-0.25, -0.2) is 0 Å². The third-order valence-electron chi connectivity index (χ3n) is 2.74. The van der Waals surface area contributed by atoms with Crippen LogP contribution in [0, 0.1) is 5.92 Å². The van der Waals surface area contributed by atoms with Crippen molar-refractivity contribution in [1.82, 2.24) is 5.32 Å². The van der Waals surface area contributed by atoms with E-state index in [0.29, 0.717) is 16.9 Å². The number of hydrogen-bond donors (Lipinski definition) is 4. The van der Waals surface area contributed by atoms with Crippen LogP contribution < -0.4 is 16.8 Å². The summed E-state index contributed by atoms with van der Waals surface area (Å²) in [6, 6.07) is 4.62. The molecule has 2 atom stereocenters. The van der Waals surface area contributed by atoms with Crippen LogP contribution in [0.3, 0.4) is 0 Å². The highest BCUT2D eigenvalue weighted by atomic mass is 16.3. The molecule has 1 amide bonds. The maximum Gasteiger partial charge on any atom is 0.251 e. The smallest absolute Gasteiger partial charge is 0.251 e. The quantitative estimate of drug-likeness (QED) is 0.576. The number of anilines is 2. The zero-order chi connectivity index (χ0) is 13.0. The Morgan fingerprint density at radius 1 is 1.29 bits per heavy atom. The first-order valence-corrected chi connectivity index (χ1v) is 5.51. The van der Waals surface area contributed by atoms with Crippen molar-refractivity contribution in [2.45, 2.75) is 19.9 Å². The van der Waals surface area contributed by atoms with Gasteiger partial charge in [-0.15, -0.1) is 0 Å². The van der Waals surface area contributed by atoms with Crippen LogP contribution in [0.4, 0.5) is 11.4 Å². The van der Waals surface area contributed by atoms with Crippen LogP contribution in [0.15, 0.2) is 18.2 Å². The van der Waals surface area contributed by atoms with E-state index in [-0.39, 0.29) is 24.5 Å². The molecule has 5 nitrogen and oxygen atoms in total. The third-order valence-corrected chi connectivity index (χ3v) is 2.74. The number of nitrogens with one attached hydrogen (secondary N) is 1. The maximum absolute atomic E-state index is 11.9. The molecular formula is C12H19N3O2. The first kappa shape index (κ1) is 13.3. The topological polar surface area (TPSA) is 101 Å². The Morgan fingerprint density at radius 3 is 2.29 bits per heavy atom. The summed E-state index contributed by atoms with van der Waals surface area (Å²) in [5.74, 6) is -0.242. The predicted molar refractivity (Wildman–Crippen MR) is 68.4 cm³/mol. The van der Waals surface area contributed by atoms with Gasteiger partial charge in [0.25, 0.3) is 5.91 Å². The Labute approximate surface area is 101 Å². The van der Waals surface area contributed by atoms with Crippen LogP contribution in [0.5, 0.6) is 0 Å². The molecule has 17 heavy (non-hydrogen) atoms. The van der Waals surface area contributed by atoms with Gasteiger partial charge < -0.3 is 21.9 Å². The molecule has 0 aliphatic heterocycles. The van der Waals surface area contributed by atoms with Crippen molar-refractivity contribution in [3.05, 3.63) is 23.8 Å². The SMILES string of the molecule is CC(CO)C(C)NC(=O)c1cc(N)cc(N)c1. The lowest BCUT2D eigenvalue weighted by Crippen LogP contribution is -2.38. The van der Waals surface area contributed by atoms with Crippen molar-refractivity contribution < 1.29 is 9.90 Å². The average molecular weight is 237 g/mol. The van der Waals surface area contributed by atoms with Crippen LogP contribution in [0.2, 0.25) is 0 Å². The minimum Gasteiger partial charge on any atom is -0.399 e. The molecule has 2 unspecified atom stereocenters. The van der Waals surface area contributed by atoms with E-state index in [1.54, 1.807) is 18.2 Å². The standard InChI is InChI=1S/C12H19N3O2/c1-7(6-16)8(2)15-12(17)9-3-10(13)5-11(14)4-9/h3-5,7-8,16H,6,13-14H2,1-2H3,(H,15,17). The molecule has 6 N–H and O–H groups in total. The number of aliphatic hydroxyl groups is 1. The van der Waals surface area contributed by atoms with Crippen LogP contribution in [0.1, 0.15) is 24.2 Å². The van der Waals surface area contributed by atoms with E-state index >= 15 is 0 Å². The number of benzene rings is 1.